The van der Waals surface area contributed by atoms with Crippen molar-refractivity contribution >= 4 is 39.6 Å². The lowest BCUT2D eigenvalue weighted by Crippen LogP contribution is -2.24. The van der Waals surface area contributed by atoms with E-state index in [4.69, 9.17) is 0 Å². The van der Waals surface area contributed by atoms with E-state index in [9.17, 15) is 0 Å². The van der Waals surface area contributed by atoms with Gasteiger partial charge >= 0.3 is 0 Å². The Bertz CT molecular complexity index is 649. The summed E-state index contributed by atoms with van der Waals surface area (Å²) in [5.74, 6) is 1.82. The molecule has 0 aliphatic heterocycles. The van der Waals surface area contributed by atoms with E-state index >= 15 is 0 Å². The zero-order chi connectivity index (χ0) is 17.2. The molecule has 0 saturated heterocycles. The molecule has 2 aromatic heterocycles. The molecule has 0 bridgehead atoms. The first-order valence-corrected chi connectivity index (χ1v) is 11.3. The summed E-state index contributed by atoms with van der Waals surface area (Å²) in [5, 5.41) is 5.90. The number of rotatable bonds is 5. The average molecular weight is 382 g/mol. The minimum Gasteiger partial charge on any atom is -0.359 e. The van der Waals surface area contributed by atoms with Gasteiger partial charge in [0.05, 0.1) is 16.2 Å². The molecule has 0 atom stereocenters. The molecule has 6 heteroatoms. The van der Waals surface area contributed by atoms with Crippen molar-refractivity contribution in [2.24, 2.45) is 5.92 Å². The first-order chi connectivity index (χ1) is 11.4. The topological polar surface area (TPSA) is 37.8 Å². The first kappa shape index (κ1) is 18.2. The number of thioether (sulfide) groups is 1. The third-order valence-electron chi connectivity index (χ3n) is 4.46. The summed E-state index contributed by atoms with van der Waals surface area (Å²) in [6.45, 7) is 9.08. The maximum absolute atomic E-state index is 4.57. The second kappa shape index (κ2) is 7.75. The zero-order valence-electron chi connectivity index (χ0n) is 15.0. The van der Waals surface area contributed by atoms with Crippen molar-refractivity contribution in [3.8, 4) is 0 Å². The highest BCUT2D eigenvalue weighted by Gasteiger charge is 2.19. The van der Waals surface area contributed by atoms with Crippen LogP contribution in [0, 0.1) is 5.92 Å². The van der Waals surface area contributed by atoms with Gasteiger partial charge in [-0.05, 0) is 37.0 Å². The smallest absolute Gasteiger partial charge is 0.183 e. The van der Waals surface area contributed by atoms with Gasteiger partial charge in [0.25, 0.3) is 0 Å². The van der Waals surface area contributed by atoms with Crippen LogP contribution in [0.25, 0.3) is 0 Å². The standard InChI is InChI=1S/C18H27N3S3/c1-12-5-7-13(8-6-12)21-17-20-10-16(24-17)22-11-15-19-9-14(23-15)18(2,3)4/h9-10,12-13H,5-8,11H2,1-4H3,(H,20,21). The summed E-state index contributed by atoms with van der Waals surface area (Å²) in [5.41, 5.74) is 0.194. The van der Waals surface area contributed by atoms with Gasteiger partial charge in [-0.2, -0.15) is 0 Å². The number of hydrogen-bond donors (Lipinski definition) is 1. The summed E-state index contributed by atoms with van der Waals surface area (Å²) in [4.78, 5) is 10.5. The normalized spacial score (nSPS) is 21.8. The number of nitrogens with zero attached hydrogens (tertiary/aromatic N) is 2. The van der Waals surface area contributed by atoms with Crippen molar-refractivity contribution in [2.45, 2.75) is 74.8 Å². The molecule has 0 spiro atoms. The summed E-state index contributed by atoms with van der Waals surface area (Å²) in [6.07, 6.45) is 9.26. The Morgan fingerprint density at radius 2 is 1.88 bits per heavy atom. The van der Waals surface area contributed by atoms with Crippen LogP contribution in [0.2, 0.25) is 0 Å². The largest absolute Gasteiger partial charge is 0.359 e. The molecule has 1 N–H and O–H groups in total. The van der Waals surface area contributed by atoms with Crippen LogP contribution >= 0.6 is 34.4 Å². The van der Waals surface area contributed by atoms with E-state index in [2.05, 4.69) is 43.0 Å². The van der Waals surface area contributed by atoms with Gasteiger partial charge in [0.1, 0.15) is 5.01 Å². The van der Waals surface area contributed by atoms with Crippen LogP contribution in [0.4, 0.5) is 5.13 Å². The minimum atomic E-state index is 0.194. The molecular formula is C18H27N3S3. The SMILES string of the molecule is CC1CCC(Nc2ncc(SCc3ncc(C(C)(C)C)s3)s2)CC1. The molecule has 132 valence electrons. The molecule has 0 radical (unpaired) electrons. The second-order valence-electron chi connectivity index (χ2n) is 7.74. The minimum absolute atomic E-state index is 0.194. The van der Waals surface area contributed by atoms with E-state index < -0.39 is 0 Å². The van der Waals surface area contributed by atoms with Crippen LogP contribution in [0.5, 0.6) is 0 Å². The van der Waals surface area contributed by atoms with Crippen LogP contribution < -0.4 is 5.32 Å². The lowest BCUT2D eigenvalue weighted by molar-refractivity contribution is 0.361. The predicted molar refractivity (Wildman–Crippen MR) is 108 cm³/mol. The van der Waals surface area contributed by atoms with Crippen LogP contribution in [-0.2, 0) is 11.2 Å². The van der Waals surface area contributed by atoms with E-state index in [1.54, 1.807) is 11.3 Å². The van der Waals surface area contributed by atoms with Crippen molar-refractivity contribution in [2.75, 3.05) is 5.32 Å². The highest BCUT2D eigenvalue weighted by molar-refractivity contribution is 8.00. The molecule has 0 unspecified atom stereocenters. The third-order valence-corrected chi connectivity index (χ3v) is 8.20. The number of thiazole rings is 2. The van der Waals surface area contributed by atoms with E-state index in [1.807, 2.05) is 35.5 Å². The number of hydrogen-bond acceptors (Lipinski definition) is 6. The van der Waals surface area contributed by atoms with Gasteiger partial charge in [0.15, 0.2) is 5.13 Å². The molecule has 1 saturated carbocycles. The molecule has 1 aliphatic rings. The quantitative estimate of drug-likeness (QED) is 0.628. The maximum atomic E-state index is 4.57. The van der Waals surface area contributed by atoms with Gasteiger partial charge in [0, 0.05) is 17.1 Å². The molecule has 0 aromatic carbocycles. The molecule has 0 amide bonds. The summed E-state index contributed by atoms with van der Waals surface area (Å²) in [7, 11) is 0. The van der Waals surface area contributed by atoms with Crippen LogP contribution in [-0.4, -0.2) is 16.0 Å². The molecule has 1 aliphatic carbocycles. The fraction of sp³-hybridized carbons (Fsp3) is 0.667. The van der Waals surface area contributed by atoms with E-state index in [0.717, 1.165) is 16.8 Å². The molecular weight excluding hydrogens is 354 g/mol. The van der Waals surface area contributed by atoms with E-state index in [0.29, 0.717) is 6.04 Å². The van der Waals surface area contributed by atoms with E-state index in [1.165, 1.54) is 39.8 Å². The van der Waals surface area contributed by atoms with Gasteiger partial charge in [-0.1, -0.05) is 39.0 Å². The van der Waals surface area contributed by atoms with Crippen molar-refractivity contribution in [1.29, 1.82) is 0 Å². The molecule has 3 rings (SSSR count). The van der Waals surface area contributed by atoms with Gasteiger partial charge in [-0.3, -0.25) is 0 Å². The summed E-state index contributed by atoms with van der Waals surface area (Å²) in [6, 6.07) is 0.610. The molecule has 1 fully saturated rings. The highest BCUT2D eigenvalue weighted by atomic mass is 32.2. The molecule has 2 aromatic rings. The third kappa shape index (κ3) is 4.96. The van der Waals surface area contributed by atoms with Crippen LogP contribution in [0.1, 0.15) is 63.3 Å². The molecule has 24 heavy (non-hydrogen) atoms. The van der Waals surface area contributed by atoms with Gasteiger partial charge < -0.3 is 5.32 Å². The fourth-order valence-electron chi connectivity index (χ4n) is 2.83. The Kier molecular flexibility index (Phi) is 5.88. The van der Waals surface area contributed by atoms with Gasteiger partial charge in [-0.25, -0.2) is 9.97 Å². The zero-order valence-corrected chi connectivity index (χ0v) is 17.4. The van der Waals surface area contributed by atoms with Crippen molar-refractivity contribution in [1.82, 2.24) is 9.97 Å². The Morgan fingerprint density at radius 3 is 2.54 bits per heavy atom. The molecule has 3 nitrogen and oxygen atoms in total. The van der Waals surface area contributed by atoms with Crippen LogP contribution in [0.3, 0.4) is 0 Å². The lowest BCUT2D eigenvalue weighted by Gasteiger charge is -2.26. The van der Waals surface area contributed by atoms with Crippen molar-refractivity contribution in [3.63, 3.8) is 0 Å². The molecule has 2 heterocycles. The number of aromatic nitrogens is 2. The van der Waals surface area contributed by atoms with Crippen molar-refractivity contribution < 1.29 is 0 Å². The Labute approximate surface area is 157 Å². The van der Waals surface area contributed by atoms with Crippen LogP contribution in [0.15, 0.2) is 16.6 Å². The highest BCUT2D eigenvalue weighted by Crippen LogP contribution is 2.35. The second-order valence-corrected chi connectivity index (χ2v) is 11.2. The maximum Gasteiger partial charge on any atom is 0.183 e. The van der Waals surface area contributed by atoms with Gasteiger partial charge in [-0.15, -0.1) is 23.1 Å². The number of nitrogens with one attached hydrogen (secondary N) is 1. The fourth-order valence-corrected chi connectivity index (χ4v) is 5.76. The summed E-state index contributed by atoms with van der Waals surface area (Å²) >= 11 is 5.45. The Balaban J connectivity index is 1.50. The van der Waals surface area contributed by atoms with Gasteiger partial charge in [0.2, 0.25) is 0 Å². The Hall–Kier alpha value is -0.590. The lowest BCUT2D eigenvalue weighted by atomic mass is 9.87. The van der Waals surface area contributed by atoms with E-state index in [-0.39, 0.29) is 5.41 Å². The monoisotopic (exact) mass is 381 g/mol. The summed E-state index contributed by atoms with van der Waals surface area (Å²) < 4.78 is 1.27. The number of anilines is 1. The Morgan fingerprint density at radius 1 is 1.12 bits per heavy atom. The first-order valence-electron chi connectivity index (χ1n) is 8.70. The predicted octanol–water partition coefficient (Wildman–Crippen LogP) is 6.18. The average Bonchev–Trinajstić information content (AvgIpc) is 3.16. The van der Waals surface area contributed by atoms with Crippen molar-refractivity contribution in [3.05, 3.63) is 22.3 Å².